The quantitative estimate of drug-likeness (QED) is 0.466. The van der Waals surface area contributed by atoms with Gasteiger partial charge in [-0.25, -0.2) is 4.98 Å². The summed E-state index contributed by atoms with van der Waals surface area (Å²) in [6.45, 7) is 2.03. The lowest BCUT2D eigenvalue weighted by atomic mass is 10.1. The zero-order valence-corrected chi connectivity index (χ0v) is 15.6. The van der Waals surface area contributed by atoms with Crippen LogP contribution in [0.4, 0.5) is 5.69 Å². The number of aryl methyl sites for hydroxylation is 1. The molecule has 27 heavy (non-hydrogen) atoms. The molecule has 0 spiro atoms. The lowest BCUT2D eigenvalue weighted by molar-refractivity contribution is -0.113. The normalized spacial score (nSPS) is 10.9. The van der Waals surface area contributed by atoms with Crippen molar-refractivity contribution in [3.63, 3.8) is 0 Å². The number of fused-ring (bicyclic) bond motifs is 1. The van der Waals surface area contributed by atoms with Crippen LogP contribution in [0.25, 0.3) is 22.6 Å². The van der Waals surface area contributed by atoms with Gasteiger partial charge in [0.05, 0.1) is 5.75 Å². The van der Waals surface area contributed by atoms with E-state index in [0.717, 1.165) is 21.5 Å². The molecule has 1 heterocycles. The third kappa shape index (κ3) is 4.04. The number of anilines is 1. The highest BCUT2D eigenvalue weighted by Gasteiger charge is 2.11. The van der Waals surface area contributed by atoms with Crippen molar-refractivity contribution in [3.05, 3.63) is 78.4 Å². The first-order valence-electron chi connectivity index (χ1n) is 8.63. The Kier molecular flexibility index (Phi) is 4.94. The molecule has 0 radical (unpaired) electrons. The standard InChI is InChI=1S/C22H18N2O2S/c1-15-7-5-6-10-18(15)22-24-19-13-16(11-12-20(19)26-22)23-21(25)14-27-17-8-3-2-4-9-17/h2-13H,14H2,1H3,(H,23,25). The smallest absolute Gasteiger partial charge is 0.234 e. The molecule has 0 aliphatic carbocycles. The topological polar surface area (TPSA) is 55.1 Å². The van der Waals surface area contributed by atoms with Gasteiger partial charge in [-0.1, -0.05) is 36.4 Å². The van der Waals surface area contributed by atoms with E-state index in [0.29, 0.717) is 22.9 Å². The largest absolute Gasteiger partial charge is 0.436 e. The summed E-state index contributed by atoms with van der Waals surface area (Å²) in [5, 5.41) is 2.92. The lowest BCUT2D eigenvalue weighted by Gasteiger charge is -2.04. The molecular weight excluding hydrogens is 356 g/mol. The third-order valence-electron chi connectivity index (χ3n) is 4.16. The van der Waals surface area contributed by atoms with E-state index in [1.807, 2.05) is 79.7 Å². The van der Waals surface area contributed by atoms with Gasteiger partial charge < -0.3 is 9.73 Å². The van der Waals surface area contributed by atoms with Gasteiger partial charge in [0.1, 0.15) is 5.52 Å². The van der Waals surface area contributed by atoms with Crippen LogP contribution in [-0.4, -0.2) is 16.6 Å². The van der Waals surface area contributed by atoms with Crippen LogP contribution in [0.1, 0.15) is 5.56 Å². The van der Waals surface area contributed by atoms with Crippen molar-refractivity contribution in [2.24, 2.45) is 0 Å². The van der Waals surface area contributed by atoms with E-state index in [4.69, 9.17) is 4.42 Å². The number of carbonyl (C=O) groups excluding carboxylic acids is 1. The Labute approximate surface area is 161 Å². The van der Waals surface area contributed by atoms with E-state index in [9.17, 15) is 4.79 Å². The minimum absolute atomic E-state index is 0.0502. The lowest BCUT2D eigenvalue weighted by Crippen LogP contribution is -2.13. The van der Waals surface area contributed by atoms with Crippen molar-refractivity contribution in [1.82, 2.24) is 4.98 Å². The molecule has 4 nitrogen and oxygen atoms in total. The number of rotatable bonds is 5. The first kappa shape index (κ1) is 17.4. The van der Waals surface area contributed by atoms with E-state index in [1.54, 1.807) is 0 Å². The monoisotopic (exact) mass is 374 g/mol. The highest BCUT2D eigenvalue weighted by Crippen LogP contribution is 2.28. The van der Waals surface area contributed by atoms with Gasteiger partial charge >= 0.3 is 0 Å². The minimum atomic E-state index is -0.0502. The summed E-state index contributed by atoms with van der Waals surface area (Å²) in [6, 6.07) is 23.4. The van der Waals surface area contributed by atoms with Crippen molar-refractivity contribution in [3.8, 4) is 11.5 Å². The van der Waals surface area contributed by atoms with Gasteiger partial charge in [0.2, 0.25) is 11.8 Å². The third-order valence-corrected chi connectivity index (χ3v) is 5.17. The van der Waals surface area contributed by atoms with Crippen LogP contribution in [0.2, 0.25) is 0 Å². The van der Waals surface area contributed by atoms with Gasteiger partial charge in [-0.05, 0) is 48.9 Å². The summed E-state index contributed by atoms with van der Waals surface area (Å²) in [4.78, 5) is 17.9. The molecule has 3 aromatic carbocycles. The molecule has 4 rings (SSSR count). The van der Waals surface area contributed by atoms with Crippen LogP contribution in [0.15, 0.2) is 82.1 Å². The molecule has 0 aliphatic heterocycles. The first-order chi connectivity index (χ1) is 13.2. The molecule has 1 aromatic heterocycles. The van der Waals surface area contributed by atoms with Crippen LogP contribution in [-0.2, 0) is 4.79 Å². The Morgan fingerprint density at radius 3 is 2.63 bits per heavy atom. The zero-order valence-electron chi connectivity index (χ0n) is 14.8. The van der Waals surface area contributed by atoms with Crippen LogP contribution in [0.3, 0.4) is 0 Å². The fourth-order valence-electron chi connectivity index (χ4n) is 2.80. The summed E-state index contributed by atoms with van der Waals surface area (Å²) in [5.41, 5.74) is 4.21. The van der Waals surface area contributed by atoms with Gasteiger partial charge in [-0.2, -0.15) is 0 Å². The molecular formula is C22H18N2O2S. The number of hydrogen-bond donors (Lipinski definition) is 1. The highest BCUT2D eigenvalue weighted by molar-refractivity contribution is 8.00. The molecule has 1 N–H and O–H groups in total. The molecule has 0 unspecified atom stereocenters. The van der Waals surface area contributed by atoms with Gasteiger partial charge in [0.25, 0.3) is 0 Å². The molecule has 0 aliphatic rings. The Bertz CT molecular complexity index is 1090. The second-order valence-electron chi connectivity index (χ2n) is 6.17. The number of aromatic nitrogens is 1. The molecule has 4 aromatic rings. The SMILES string of the molecule is Cc1ccccc1-c1nc2cc(NC(=O)CSc3ccccc3)ccc2o1. The predicted octanol–water partition coefficient (Wildman–Crippen LogP) is 5.53. The molecule has 0 bridgehead atoms. The maximum atomic E-state index is 12.2. The van der Waals surface area contributed by atoms with Crippen molar-refractivity contribution >= 4 is 34.5 Å². The van der Waals surface area contributed by atoms with Crippen molar-refractivity contribution in [2.45, 2.75) is 11.8 Å². The van der Waals surface area contributed by atoms with Crippen LogP contribution >= 0.6 is 11.8 Å². The molecule has 0 fully saturated rings. The average molecular weight is 374 g/mol. The predicted molar refractivity (Wildman–Crippen MR) is 110 cm³/mol. The zero-order chi connectivity index (χ0) is 18.6. The minimum Gasteiger partial charge on any atom is -0.436 e. The number of carbonyl (C=O) groups is 1. The molecule has 134 valence electrons. The molecule has 0 saturated carbocycles. The van der Waals surface area contributed by atoms with Crippen LogP contribution in [0.5, 0.6) is 0 Å². The fraction of sp³-hybridized carbons (Fsp3) is 0.0909. The second kappa shape index (κ2) is 7.68. The van der Waals surface area contributed by atoms with Gasteiger partial charge in [0.15, 0.2) is 5.58 Å². The number of benzene rings is 3. The van der Waals surface area contributed by atoms with Gasteiger partial charge in [-0.3, -0.25) is 4.79 Å². The Morgan fingerprint density at radius 1 is 1.04 bits per heavy atom. The molecule has 0 atom stereocenters. The Hall–Kier alpha value is -3.05. The second-order valence-corrected chi connectivity index (χ2v) is 7.22. The number of oxazole rings is 1. The number of amides is 1. The van der Waals surface area contributed by atoms with Crippen molar-refractivity contribution < 1.29 is 9.21 Å². The van der Waals surface area contributed by atoms with E-state index < -0.39 is 0 Å². The molecule has 0 saturated heterocycles. The van der Waals surface area contributed by atoms with E-state index >= 15 is 0 Å². The Balaban J connectivity index is 1.48. The molecule has 5 heteroatoms. The first-order valence-corrected chi connectivity index (χ1v) is 9.62. The van der Waals surface area contributed by atoms with Crippen molar-refractivity contribution in [2.75, 3.05) is 11.1 Å². The maximum absolute atomic E-state index is 12.2. The van der Waals surface area contributed by atoms with Crippen LogP contribution in [0, 0.1) is 6.92 Å². The van der Waals surface area contributed by atoms with E-state index in [-0.39, 0.29) is 5.91 Å². The number of thioether (sulfide) groups is 1. The Morgan fingerprint density at radius 2 is 1.81 bits per heavy atom. The van der Waals surface area contributed by atoms with E-state index in [2.05, 4.69) is 10.3 Å². The summed E-state index contributed by atoms with van der Waals surface area (Å²) in [6.07, 6.45) is 0. The average Bonchev–Trinajstić information content (AvgIpc) is 3.10. The molecule has 1 amide bonds. The van der Waals surface area contributed by atoms with Gasteiger partial charge in [0, 0.05) is 16.1 Å². The maximum Gasteiger partial charge on any atom is 0.234 e. The summed E-state index contributed by atoms with van der Waals surface area (Å²) >= 11 is 1.51. The number of nitrogens with one attached hydrogen (secondary N) is 1. The van der Waals surface area contributed by atoms with E-state index in [1.165, 1.54) is 11.8 Å². The highest BCUT2D eigenvalue weighted by atomic mass is 32.2. The number of hydrogen-bond acceptors (Lipinski definition) is 4. The summed E-state index contributed by atoms with van der Waals surface area (Å²) in [5.74, 6) is 0.895. The summed E-state index contributed by atoms with van der Waals surface area (Å²) < 4.78 is 5.87. The number of nitrogens with zero attached hydrogens (tertiary/aromatic N) is 1. The fourth-order valence-corrected chi connectivity index (χ4v) is 3.52. The van der Waals surface area contributed by atoms with Gasteiger partial charge in [-0.15, -0.1) is 11.8 Å². The summed E-state index contributed by atoms with van der Waals surface area (Å²) in [7, 11) is 0. The van der Waals surface area contributed by atoms with Crippen LogP contribution < -0.4 is 5.32 Å². The van der Waals surface area contributed by atoms with Crippen molar-refractivity contribution in [1.29, 1.82) is 0 Å².